The summed E-state index contributed by atoms with van der Waals surface area (Å²) < 4.78 is 31.9. The summed E-state index contributed by atoms with van der Waals surface area (Å²) in [6, 6.07) is 0. The predicted octanol–water partition coefficient (Wildman–Crippen LogP) is 5.35. The number of phosphoric acid groups is 1. The third-order valence-corrected chi connectivity index (χ3v) is 7.60. The molecular weight excluding hydrogens is 623 g/mol. The molecule has 3 atom stereocenters. The monoisotopic (exact) mass is 678 g/mol. The van der Waals surface area contributed by atoms with Gasteiger partial charge in [-0.15, -0.1) is 0 Å². The highest BCUT2D eigenvalue weighted by Crippen LogP contribution is 2.43. The SMILES string of the molecule is CCCCCCCC/C=C\CCCCCCCC(=O)OC[C@H](COP(=O)(O)OC[C@@H](O)CO)OC(=O)CCCC(=O)/C=C/C(=O)O. The van der Waals surface area contributed by atoms with Gasteiger partial charge in [-0.3, -0.25) is 23.4 Å². The second kappa shape index (κ2) is 28.8. The lowest BCUT2D eigenvalue weighted by atomic mass is 10.1. The largest absolute Gasteiger partial charge is 0.478 e. The Kier molecular flexibility index (Phi) is 27.3. The number of hydrogen-bond donors (Lipinski definition) is 4. The molecule has 0 bridgehead atoms. The van der Waals surface area contributed by atoms with Crippen molar-refractivity contribution >= 4 is 31.5 Å². The maximum atomic E-state index is 12.3. The average molecular weight is 679 g/mol. The molecule has 13 nitrogen and oxygen atoms in total. The Labute approximate surface area is 273 Å². The maximum absolute atomic E-state index is 12.3. The van der Waals surface area contributed by atoms with Crippen LogP contribution in [0.2, 0.25) is 0 Å². The lowest BCUT2D eigenvalue weighted by molar-refractivity contribution is -0.161. The number of carboxylic acids is 1. The standard InChI is InChI=1S/C32H55O13P/c1-2-3-4-5-6-7-8-9-10-11-12-13-14-15-16-19-31(38)42-25-29(26-44-46(40,41)43-24-28(35)23-33)45-32(39)20-17-18-27(34)21-22-30(36)37/h9-10,21-22,28-29,33,35H,2-8,11-20,23-26H2,1H3,(H,36,37)(H,40,41)/b10-9-,22-21+/t28-,29+/m0/s1. The summed E-state index contributed by atoms with van der Waals surface area (Å²) in [6.45, 7) is -0.324. The molecule has 0 heterocycles. The number of rotatable bonds is 31. The summed E-state index contributed by atoms with van der Waals surface area (Å²) in [5, 5.41) is 26.7. The number of phosphoric ester groups is 1. The van der Waals surface area contributed by atoms with Crippen molar-refractivity contribution in [1.29, 1.82) is 0 Å². The smallest absolute Gasteiger partial charge is 0.472 e. The summed E-state index contributed by atoms with van der Waals surface area (Å²) in [6.07, 6.45) is 17.8. The number of allylic oxidation sites excluding steroid dienone is 3. The zero-order chi connectivity index (χ0) is 34.5. The second-order valence-electron chi connectivity index (χ2n) is 11.0. The van der Waals surface area contributed by atoms with Crippen LogP contribution in [0.3, 0.4) is 0 Å². The molecule has 4 N–H and O–H groups in total. The first-order valence-corrected chi connectivity index (χ1v) is 17.8. The third kappa shape index (κ3) is 29.0. The fraction of sp³-hybridized carbons (Fsp3) is 0.750. The van der Waals surface area contributed by atoms with Gasteiger partial charge in [-0.25, -0.2) is 9.36 Å². The number of hydrogen-bond acceptors (Lipinski definition) is 11. The van der Waals surface area contributed by atoms with E-state index in [-0.39, 0.29) is 25.7 Å². The van der Waals surface area contributed by atoms with Gasteiger partial charge in [-0.05, 0) is 44.6 Å². The minimum Gasteiger partial charge on any atom is -0.478 e. The molecule has 0 radical (unpaired) electrons. The molecule has 0 fully saturated rings. The minimum absolute atomic E-state index is 0.0467. The summed E-state index contributed by atoms with van der Waals surface area (Å²) in [4.78, 5) is 56.5. The van der Waals surface area contributed by atoms with Gasteiger partial charge in [0.1, 0.15) is 12.7 Å². The Balaban J connectivity index is 4.46. The number of ether oxygens (including phenoxy) is 2. The molecule has 0 aromatic carbocycles. The van der Waals surface area contributed by atoms with Crippen LogP contribution in [-0.2, 0) is 42.3 Å². The summed E-state index contributed by atoms with van der Waals surface area (Å²) in [5.74, 6) is -3.12. The number of carbonyl (C=O) groups is 4. The van der Waals surface area contributed by atoms with Crippen LogP contribution in [0.5, 0.6) is 0 Å². The van der Waals surface area contributed by atoms with E-state index in [0.29, 0.717) is 12.5 Å². The molecule has 0 aliphatic carbocycles. The van der Waals surface area contributed by atoms with Crippen molar-refractivity contribution in [2.75, 3.05) is 26.4 Å². The molecule has 266 valence electrons. The minimum atomic E-state index is -4.71. The normalized spacial score (nSPS) is 14.3. The van der Waals surface area contributed by atoms with Crippen molar-refractivity contribution in [1.82, 2.24) is 0 Å². The van der Waals surface area contributed by atoms with E-state index in [4.69, 9.17) is 24.2 Å². The number of ketones is 1. The Hall–Kier alpha value is -2.41. The molecule has 0 aromatic heterocycles. The highest BCUT2D eigenvalue weighted by molar-refractivity contribution is 7.47. The third-order valence-electron chi connectivity index (χ3n) is 6.65. The predicted molar refractivity (Wildman–Crippen MR) is 171 cm³/mol. The molecule has 46 heavy (non-hydrogen) atoms. The van der Waals surface area contributed by atoms with E-state index >= 15 is 0 Å². The zero-order valence-corrected chi connectivity index (χ0v) is 28.1. The Morgan fingerprint density at radius 1 is 0.717 bits per heavy atom. The van der Waals surface area contributed by atoms with Crippen molar-refractivity contribution in [2.45, 2.75) is 128 Å². The van der Waals surface area contributed by atoms with Crippen LogP contribution in [0.4, 0.5) is 0 Å². The van der Waals surface area contributed by atoms with Gasteiger partial charge >= 0.3 is 25.7 Å². The number of esters is 2. The van der Waals surface area contributed by atoms with Gasteiger partial charge in [-0.1, -0.05) is 70.4 Å². The molecule has 0 amide bonds. The fourth-order valence-electron chi connectivity index (χ4n) is 4.06. The van der Waals surface area contributed by atoms with Gasteiger partial charge in [0, 0.05) is 25.3 Å². The Morgan fingerprint density at radius 3 is 1.89 bits per heavy atom. The van der Waals surface area contributed by atoms with E-state index in [1.807, 2.05) is 0 Å². The topological polar surface area (TPSA) is 203 Å². The van der Waals surface area contributed by atoms with Crippen LogP contribution in [0.25, 0.3) is 0 Å². The first-order chi connectivity index (χ1) is 22.0. The molecule has 0 spiro atoms. The van der Waals surface area contributed by atoms with Crippen LogP contribution in [0.15, 0.2) is 24.3 Å². The summed E-state index contributed by atoms with van der Waals surface area (Å²) in [5.41, 5.74) is 0. The van der Waals surface area contributed by atoms with Crippen molar-refractivity contribution in [2.24, 2.45) is 0 Å². The maximum Gasteiger partial charge on any atom is 0.472 e. The lowest BCUT2D eigenvalue weighted by Gasteiger charge is -2.20. The van der Waals surface area contributed by atoms with Gasteiger partial charge in [0.15, 0.2) is 11.9 Å². The van der Waals surface area contributed by atoms with E-state index in [2.05, 4.69) is 23.6 Å². The molecule has 0 rings (SSSR count). The fourth-order valence-corrected chi connectivity index (χ4v) is 4.85. The Morgan fingerprint density at radius 2 is 1.28 bits per heavy atom. The second-order valence-corrected chi connectivity index (χ2v) is 12.5. The molecule has 0 aliphatic rings. The first kappa shape index (κ1) is 43.6. The number of aliphatic hydroxyl groups is 2. The summed E-state index contributed by atoms with van der Waals surface area (Å²) in [7, 11) is -4.71. The van der Waals surface area contributed by atoms with E-state index in [0.717, 1.165) is 44.6 Å². The molecule has 0 saturated heterocycles. The van der Waals surface area contributed by atoms with Gasteiger partial charge < -0.3 is 29.7 Å². The van der Waals surface area contributed by atoms with Crippen molar-refractivity contribution < 1.29 is 62.5 Å². The molecular formula is C32H55O13P. The van der Waals surface area contributed by atoms with Crippen LogP contribution in [0.1, 0.15) is 116 Å². The van der Waals surface area contributed by atoms with Crippen LogP contribution >= 0.6 is 7.82 Å². The zero-order valence-electron chi connectivity index (χ0n) is 27.2. The van der Waals surface area contributed by atoms with Gasteiger partial charge in [0.05, 0.1) is 19.8 Å². The quantitative estimate of drug-likeness (QED) is 0.0241. The van der Waals surface area contributed by atoms with Crippen LogP contribution in [-0.4, -0.2) is 82.5 Å². The number of carbonyl (C=O) groups excluding carboxylic acids is 3. The molecule has 14 heteroatoms. The van der Waals surface area contributed by atoms with Gasteiger partial charge in [-0.2, -0.15) is 0 Å². The highest BCUT2D eigenvalue weighted by Gasteiger charge is 2.27. The lowest BCUT2D eigenvalue weighted by Crippen LogP contribution is -2.30. The van der Waals surface area contributed by atoms with E-state index in [1.54, 1.807) is 0 Å². The Bertz CT molecular complexity index is 950. The van der Waals surface area contributed by atoms with Crippen molar-refractivity contribution in [3.05, 3.63) is 24.3 Å². The van der Waals surface area contributed by atoms with E-state index < -0.39 is 70.1 Å². The highest BCUT2D eigenvalue weighted by atomic mass is 31.2. The van der Waals surface area contributed by atoms with E-state index in [1.165, 1.54) is 38.5 Å². The molecule has 0 aromatic rings. The average Bonchev–Trinajstić information content (AvgIpc) is 3.02. The van der Waals surface area contributed by atoms with Crippen molar-refractivity contribution in [3.8, 4) is 0 Å². The molecule has 0 aliphatic heterocycles. The summed E-state index contributed by atoms with van der Waals surface area (Å²) >= 11 is 0. The first-order valence-electron chi connectivity index (χ1n) is 16.3. The number of unbranched alkanes of at least 4 members (excludes halogenated alkanes) is 11. The number of aliphatic carboxylic acids is 1. The molecule has 1 unspecified atom stereocenters. The van der Waals surface area contributed by atoms with Crippen LogP contribution < -0.4 is 0 Å². The van der Waals surface area contributed by atoms with Crippen LogP contribution in [0, 0.1) is 0 Å². The van der Waals surface area contributed by atoms with E-state index in [9.17, 15) is 33.7 Å². The number of carboxylic acid groups (broad SMARTS) is 1. The van der Waals surface area contributed by atoms with Gasteiger partial charge in [0.25, 0.3) is 0 Å². The molecule has 0 saturated carbocycles. The number of aliphatic hydroxyl groups excluding tert-OH is 2. The van der Waals surface area contributed by atoms with Gasteiger partial charge in [0.2, 0.25) is 0 Å². The van der Waals surface area contributed by atoms with Crippen molar-refractivity contribution in [3.63, 3.8) is 0 Å².